The van der Waals surface area contributed by atoms with Crippen LogP contribution in [0.15, 0.2) is 60.7 Å². The molecule has 2 aromatic rings. The number of hydrogen-bond donors (Lipinski definition) is 1. The maximum Gasteiger partial charge on any atom is 0.338 e. The van der Waals surface area contributed by atoms with Crippen LogP contribution in [0.1, 0.15) is 22.8 Å². The molecule has 1 aliphatic rings. The summed E-state index contributed by atoms with van der Waals surface area (Å²) in [6, 6.07) is 17.6. The molecule has 1 heterocycles. The standard InChI is InChI=1S/C23H27N3O2S/c1-2-28-22(27)20-11-6-12-21(18-20)24-23(29)26-16-14-25(15-17-26)13-7-10-19-8-4-3-5-9-19/h3-12,18H,2,13-17H2,1H3,(H,24,29)/b10-7-. The number of thiocarbonyl (C=S) groups is 1. The summed E-state index contributed by atoms with van der Waals surface area (Å²) in [5.41, 5.74) is 2.55. The van der Waals surface area contributed by atoms with Gasteiger partial charge in [-0.1, -0.05) is 48.6 Å². The highest BCUT2D eigenvalue weighted by atomic mass is 32.1. The number of ether oxygens (including phenoxy) is 1. The largest absolute Gasteiger partial charge is 0.462 e. The number of hydrogen-bond acceptors (Lipinski definition) is 4. The summed E-state index contributed by atoms with van der Waals surface area (Å²) in [5, 5.41) is 3.93. The highest BCUT2D eigenvalue weighted by molar-refractivity contribution is 7.80. The summed E-state index contributed by atoms with van der Waals surface area (Å²) in [5.74, 6) is -0.320. The van der Waals surface area contributed by atoms with Crippen LogP contribution < -0.4 is 5.32 Å². The molecule has 1 N–H and O–H groups in total. The summed E-state index contributed by atoms with van der Waals surface area (Å²) in [4.78, 5) is 16.5. The quantitative estimate of drug-likeness (QED) is 0.577. The first-order valence-electron chi connectivity index (χ1n) is 9.93. The zero-order chi connectivity index (χ0) is 20.5. The SMILES string of the molecule is CCOC(=O)c1cccc(NC(=S)N2CCN(C/C=C\c3ccccc3)CC2)c1. The van der Waals surface area contributed by atoms with Gasteiger partial charge in [0.1, 0.15) is 0 Å². The average Bonchev–Trinajstić information content (AvgIpc) is 2.75. The van der Waals surface area contributed by atoms with E-state index in [2.05, 4.69) is 51.5 Å². The zero-order valence-electron chi connectivity index (χ0n) is 16.7. The van der Waals surface area contributed by atoms with Gasteiger partial charge in [0.05, 0.1) is 12.2 Å². The van der Waals surface area contributed by atoms with Crippen molar-refractivity contribution in [3.63, 3.8) is 0 Å². The second-order valence-electron chi connectivity index (χ2n) is 6.83. The summed E-state index contributed by atoms with van der Waals surface area (Å²) >= 11 is 5.57. The summed E-state index contributed by atoms with van der Waals surface area (Å²) in [6.07, 6.45) is 4.37. The molecule has 29 heavy (non-hydrogen) atoms. The second-order valence-corrected chi connectivity index (χ2v) is 7.22. The van der Waals surface area contributed by atoms with Crippen LogP contribution in [0.3, 0.4) is 0 Å². The molecule has 0 atom stereocenters. The van der Waals surface area contributed by atoms with Crippen molar-refractivity contribution in [3.05, 3.63) is 71.8 Å². The minimum Gasteiger partial charge on any atom is -0.462 e. The fourth-order valence-electron chi connectivity index (χ4n) is 3.18. The fraction of sp³-hybridized carbons (Fsp3) is 0.304. The van der Waals surface area contributed by atoms with Crippen LogP contribution in [0.4, 0.5) is 5.69 Å². The Morgan fingerprint density at radius 2 is 1.86 bits per heavy atom. The van der Waals surface area contributed by atoms with E-state index < -0.39 is 0 Å². The van der Waals surface area contributed by atoms with Crippen LogP contribution in [0.25, 0.3) is 6.08 Å². The number of carbonyl (C=O) groups is 1. The van der Waals surface area contributed by atoms with Crippen LogP contribution >= 0.6 is 12.2 Å². The fourth-order valence-corrected chi connectivity index (χ4v) is 3.48. The van der Waals surface area contributed by atoms with Crippen molar-refractivity contribution < 1.29 is 9.53 Å². The molecule has 6 heteroatoms. The van der Waals surface area contributed by atoms with Gasteiger partial charge in [-0.3, -0.25) is 4.90 Å². The van der Waals surface area contributed by atoms with Crippen LogP contribution in [-0.4, -0.2) is 60.2 Å². The molecule has 0 saturated carbocycles. The maximum atomic E-state index is 11.9. The summed E-state index contributed by atoms with van der Waals surface area (Å²) < 4.78 is 5.06. The van der Waals surface area contributed by atoms with Crippen LogP contribution in [0.5, 0.6) is 0 Å². The van der Waals surface area contributed by atoms with Gasteiger partial charge < -0.3 is 15.0 Å². The maximum absolute atomic E-state index is 11.9. The van der Waals surface area contributed by atoms with E-state index in [1.54, 1.807) is 19.1 Å². The topological polar surface area (TPSA) is 44.8 Å². The van der Waals surface area contributed by atoms with E-state index >= 15 is 0 Å². The van der Waals surface area contributed by atoms with E-state index in [1.807, 2.05) is 18.2 Å². The number of nitrogens with one attached hydrogen (secondary N) is 1. The van der Waals surface area contributed by atoms with Gasteiger partial charge >= 0.3 is 5.97 Å². The van der Waals surface area contributed by atoms with Gasteiger partial charge in [0.15, 0.2) is 5.11 Å². The van der Waals surface area contributed by atoms with Gasteiger partial charge in [-0.15, -0.1) is 0 Å². The Morgan fingerprint density at radius 1 is 1.10 bits per heavy atom. The molecule has 1 aliphatic heterocycles. The number of anilines is 1. The van der Waals surface area contributed by atoms with E-state index in [4.69, 9.17) is 17.0 Å². The van der Waals surface area contributed by atoms with Crippen molar-refractivity contribution in [1.82, 2.24) is 9.80 Å². The van der Waals surface area contributed by atoms with E-state index in [9.17, 15) is 4.79 Å². The lowest BCUT2D eigenvalue weighted by atomic mass is 10.2. The zero-order valence-corrected chi connectivity index (χ0v) is 17.5. The Labute approximate surface area is 178 Å². The Balaban J connectivity index is 1.46. The van der Waals surface area contributed by atoms with E-state index in [0.717, 1.165) is 38.4 Å². The average molecular weight is 410 g/mol. The summed E-state index contributed by atoms with van der Waals surface area (Å²) in [7, 11) is 0. The molecular weight excluding hydrogens is 382 g/mol. The lowest BCUT2D eigenvalue weighted by molar-refractivity contribution is 0.0526. The minimum atomic E-state index is -0.320. The van der Waals surface area contributed by atoms with Crippen molar-refractivity contribution in [2.24, 2.45) is 0 Å². The van der Waals surface area contributed by atoms with Crippen molar-refractivity contribution in [3.8, 4) is 0 Å². The molecule has 1 saturated heterocycles. The number of rotatable bonds is 6. The monoisotopic (exact) mass is 409 g/mol. The predicted molar refractivity (Wildman–Crippen MR) is 122 cm³/mol. The number of benzene rings is 2. The molecular formula is C23H27N3O2S. The van der Waals surface area contributed by atoms with Gasteiger partial charge in [0.2, 0.25) is 0 Å². The molecule has 0 radical (unpaired) electrons. The predicted octanol–water partition coefficient (Wildman–Crippen LogP) is 3.89. The van der Waals surface area contributed by atoms with E-state index in [-0.39, 0.29) is 5.97 Å². The van der Waals surface area contributed by atoms with Crippen molar-refractivity contribution in [2.45, 2.75) is 6.92 Å². The summed E-state index contributed by atoms with van der Waals surface area (Å²) in [6.45, 7) is 6.77. The Morgan fingerprint density at radius 3 is 2.59 bits per heavy atom. The Kier molecular flexibility index (Phi) is 7.78. The highest BCUT2D eigenvalue weighted by Gasteiger charge is 2.18. The lowest BCUT2D eigenvalue weighted by Crippen LogP contribution is -2.49. The third kappa shape index (κ3) is 6.41. The van der Waals surface area contributed by atoms with Crippen molar-refractivity contribution >= 4 is 35.1 Å². The third-order valence-corrected chi connectivity index (χ3v) is 5.12. The number of carbonyl (C=O) groups excluding carboxylic acids is 1. The molecule has 0 unspecified atom stereocenters. The van der Waals surface area contributed by atoms with Crippen molar-refractivity contribution in [1.29, 1.82) is 0 Å². The Hall–Kier alpha value is -2.70. The van der Waals surface area contributed by atoms with Crippen LogP contribution in [-0.2, 0) is 4.74 Å². The van der Waals surface area contributed by atoms with Crippen LogP contribution in [0, 0.1) is 0 Å². The number of nitrogens with zero attached hydrogens (tertiary/aromatic N) is 2. The van der Waals surface area contributed by atoms with E-state index in [1.165, 1.54) is 5.56 Å². The molecule has 0 aliphatic carbocycles. The normalized spacial score (nSPS) is 14.7. The third-order valence-electron chi connectivity index (χ3n) is 4.76. The number of esters is 1. The van der Waals surface area contributed by atoms with E-state index in [0.29, 0.717) is 17.3 Å². The molecule has 0 amide bonds. The molecule has 5 nitrogen and oxygen atoms in total. The minimum absolute atomic E-state index is 0.320. The van der Waals surface area contributed by atoms with Gasteiger partial charge in [0.25, 0.3) is 0 Å². The highest BCUT2D eigenvalue weighted by Crippen LogP contribution is 2.14. The van der Waals surface area contributed by atoms with Gasteiger partial charge in [-0.2, -0.15) is 0 Å². The second kappa shape index (κ2) is 10.7. The first kappa shape index (κ1) is 21.0. The molecule has 152 valence electrons. The molecule has 3 rings (SSSR count). The first-order chi connectivity index (χ1) is 14.2. The van der Waals surface area contributed by atoms with Gasteiger partial charge in [-0.05, 0) is 42.9 Å². The Bertz CT molecular complexity index is 846. The molecule has 1 fully saturated rings. The lowest BCUT2D eigenvalue weighted by Gasteiger charge is -2.35. The first-order valence-corrected chi connectivity index (χ1v) is 10.3. The molecule has 2 aromatic carbocycles. The van der Waals surface area contributed by atoms with Crippen molar-refractivity contribution in [2.75, 3.05) is 44.6 Å². The molecule has 0 bridgehead atoms. The van der Waals surface area contributed by atoms with Gasteiger partial charge in [-0.25, -0.2) is 4.79 Å². The smallest absolute Gasteiger partial charge is 0.338 e. The van der Waals surface area contributed by atoms with Crippen LogP contribution in [0.2, 0.25) is 0 Å². The number of piperazine rings is 1. The van der Waals surface area contributed by atoms with Gasteiger partial charge in [0, 0.05) is 38.4 Å². The molecule has 0 aromatic heterocycles. The molecule has 0 spiro atoms.